The van der Waals surface area contributed by atoms with Crippen LogP contribution in [0.25, 0.3) is 0 Å². The van der Waals surface area contributed by atoms with Gasteiger partial charge >= 0.3 is 18.9 Å². The predicted molar refractivity (Wildman–Crippen MR) is 60.3 cm³/mol. The van der Waals surface area contributed by atoms with Crippen molar-refractivity contribution in [1.82, 2.24) is 0 Å². The van der Waals surface area contributed by atoms with E-state index in [0.29, 0.717) is 0 Å². The van der Waals surface area contributed by atoms with Crippen molar-refractivity contribution in [3.63, 3.8) is 0 Å². The molecule has 72 valence electrons. The average molecular weight is 208 g/mol. The molecule has 0 fully saturated rings. The molecule has 0 amide bonds. The van der Waals surface area contributed by atoms with E-state index in [2.05, 4.69) is 44.1 Å². The van der Waals surface area contributed by atoms with Crippen LogP contribution in [0.15, 0.2) is 5.70 Å². The quantitative estimate of drug-likeness (QED) is 0.467. The van der Waals surface area contributed by atoms with Crippen LogP contribution in [0.1, 0.15) is 6.92 Å². The fourth-order valence-corrected chi connectivity index (χ4v) is 4.72. The summed E-state index contributed by atoms with van der Waals surface area (Å²) < 4.78 is 5.64. The molecule has 0 aromatic heterocycles. The normalized spacial score (nSPS) is 13.1. The monoisotopic (exact) mass is 208 g/mol. The maximum Gasteiger partial charge on any atom is 1.00 e. The molecule has 0 spiro atoms. The third kappa shape index (κ3) is 10.7. The van der Waals surface area contributed by atoms with Crippen LogP contribution < -0.4 is 18.9 Å². The van der Waals surface area contributed by atoms with E-state index in [0.717, 1.165) is 6.61 Å². The smallest absolute Gasteiger partial charge is 0.479 e. The first kappa shape index (κ1) is 16.2. The molecule has 0 aliphatic carbocycles. The van der Waals surface area contributed by atoms with Gasteiger partial charge in [-0.1, -0.05) is 32.7 Å². The summed E-state index contributed by atoms with van der Waals surface area (Å²) in [5.41, 5.74) is 5.73. The fourth-order valence-electron chi connectivity index (χ4n) is 0.793. The molecule has 13 heavy (non-hydrogen) atoms. The molecule has 0 saturated carbocycles. The zero-order chi connectivity index (χ0) is 9.83. The second-order valence-corrected chi connectivity index (χ2v) is 13.2. The minimum Gasteiger partial charge on any atom is -0.479 e. The summed E-state index contributed by atoms with van der Waals surface area (Å²) in [4.78, 5) is 0. The predicted octanol–water partition coefficient (Wildman–Crippen LogP) is 0.00799. The molecular formula is C9H21LiOSi2. The van der Waals surface area contributed by atoms with Crippen LogP contribution in [0.5, 0.6) is 0 Å². The van der Waals surface area contributed by atoms with Gasteiger partial charge in [0.05, 0.1) is 0 Å². The molecular weight excluding hydrogens is 187 g/mol. The summed E-state index contributed by atoms with van der Waals surface area (Å²) in [6, 6.07) is 0. The Kier molecular flexibility index (Phi) is 7.79. The molecule has 0 aromatic rings. The van der Waals surface area contributed by atoms with Gasteiger partial charge in [0.1, 0.15) is 0 Å². The first-order valence-corrected chi connectivity index (χ1v) is 11.0. The molecule has 0 saturated heterocycles. The van der Waals surface area contributed by atoms with Gasteiger partial charge in [-0.2, -0.15) is 0 Å². The topological polar surface area (TPSA) is 9.23 Å². The van der Waals surface area contributed by atoms with Gasteiger partial charge in [0.2, 0.25) is 0 Å². The van der Waals surface area contributed by atoms with Crippen molar-refractivity contribution in [3.8, 4) is 0 Å². The summed E-state index contributed by atoms with van der Waals surface area (Å²) in [6.07, 6.45) is 0. The van der Waals surface area contributed by atoms with Crippen molar-refractivity contribution in [2.45, 2.75) is 39.7 Å². The van der Waals surface area contributed by atoms with E-state index in [-0.39, 0.29) is 18.9 Å². The second kappa shape index (κ2) is 6.26. The van der Waals surface area contributed by atoms with E-state index < -0.39 is 16.4 Å². The van der Waals surface area contributed by atoms with Gasteiger partial charge in [-0.05, 0) is 6.92 Å². The molecule has 0 heterocycles. The Bertz CT molecular complexity index is 161. The molecule has 0 aliphatic heterocycles. The van der Waals surface area contributed by atoms with Crippen molar-refractivity contribution >= 4 is 16.4 Å². The number of hydrogen-bond donors (Lipinski definition) is 0. The minimum absolute atomic E-state index is 0. The summed E-state index contributed by atoms with van der Waals surface area (Å²) >= 11 is 0. The average Bonchev–Trinajstić information content (AvgIpc) is 1.83. The first-order chi connectivity index (χ1) is 5.27. The van der Waals surface area contributed by atoms with E-state index in [1.54, 1.807) is 0 Å². The Hall–Kier alpha value is 0.731. The Labute approximate surface area is 97.3 Å². The third-order valence-electron chi connectivity index (χ3n) is 1.36. The first-order valence-electron chi connectivity index (χ1n) is 4.53. The van der Waals surface area contributed by atoms with E-state index in [1.165, 1.54) is 0 Å². The van der Waals surface area contributed by atoms with Gasteiger partial charge in [-0.25, -0.2) is 0 Å². The maximum atomic E-state index is 5.64. The summed E-state index contributed by atoms with van der Waals surface area (Å²) in [5.74, 6) is 0. The Morgan fingerprint density at radius 3 is 1.92 bits per heavy atom. The van der Waals surface area contributed by atoms with Gasteiger partial charge in [-0.15, -0.1) is 0 Å². The Morgan fingerprint density at radius 2 is 1.62 bits per heavy atom. The van der Waals surface area contributed by atoms with E-state index in [9.17, 15) is 0 Å². The molecule has 0 rings (SSSR count). The van der Waals surface area contributed by atoms with Crippen LogP contribution in [-0.2, 0) is 4.43 Å². The molecule has 0 bridgehead atoms. The molecule has 0 aliphatic rings. The second-order valence-electron chi connectivity index (χ2n) is 4.60. The van der Waals surface area contributed by atoms with Gasteiger partial charge in [0.15, 0.2) is 0 Å². The van der Waals surface area contributed by atoms with Crippen molar-refractivity contribution < 1.29 is 23.3 Å². The molecule has 4 heteroatoms. The van der Waals surface area contributed by atoms with Crippen LogP contribution in [0, 0.1) is 5.70 Å². The molecule has 0 aromatic carbocycles. The number of hydrogen-bond acceptors (Lipinski definition) is 1. The molecule has 0 N–H and O–H groups in total. The standard InChI is InChI=1S/C9H21OSi2.Li/c1-7-10-12(5,6)9-8-11(2,3)4;/h8H,7H2,1-6H3;/q-1;+1. The van der Waals surface area contributed by atoms with Crippen LogP contribution in [0.4, 0.5) is 0 Å². The van der Waals surface area contributed by atoms with Gasteiger partial charge in [0.25, 0.3) is 0 Å². The zero-order valence-corrected chi connectivity index (χ0v) is 12.2. The largest absolute Gasteiger partial charge is 1.00 e. The van der Waals surface area contributed by atoms with Crippen molar-refractivity contribution in [2.75, 3.05) is 6.61 Å². The SMILES string of the molecule is CCO[Si](C)(C)[C-]=C[Si](C)(C)C.[Li+]. The van der Waals surface area contributed by atoms with Crippen molar-refractivity contribution in [1.29, 1.82) is 0 Å². The summed E-state index contributed by atoms with van der Waals surface area (Å²) in [7, 11) is -2.66. The van der Waals surface area contributed by atoms with Crippen LogP contribution in [-0.4, -0.2) is 23.0 Å². The maximum absolute atomic E-state index is 5.64. The van der Waals surface area contributed by atoms with Gasteiger partial charge in [0, 0.05) is 23.0 Å². The fraction of sp³-hybridized carbons (Fsp3) is 0.778. The minimum atomic E-state index is -1.58. The summed E-state index contributed by atoms with van der Waals surface area (Å²) in [5, 5.41) is 0. The van der Waals surface area contributed by atoms with E-state index in [1.807, 2.05) is 6.92 Å². The molecule has 0 atom stereocenters. The zero-order valence-electron chi connectivity index (χ0n) is 10.2. The molecule has 1 nitrogen and oxygen atoms in total. The van der Waals surface area contributed by atoms with Gasteiger partial charge in [-0.3, -0.25) is 5.70 Å². The van der Waals surface area contributed by atoms with Crippen LogP contribution >= 0.6 is 0 Å². The van der Waals surface area contributed by atoms with Crippen molar-refractivity contribution in [2.24, 2.45) is 0 Å². The van der Waals surface area contributed by atoms with Crippen LogP contribution in [0.2, 0.25) is 32.7 Å². The third-order valence-corrected chi connectivity index (χ3v) is 4.51. The molecule has 0 unspecified atom stereocenters. The Morgan fingerprint density at radius 1 is 1.15 bits per heavy atom. The van der Waals surface area contributed by atoms with Crippen LogP contribution in [0.3, 0.4) is 0 Å². The Balaban J connectivity index is 0. The van der Waals surface area contributed by atoms with E-state index >= 15 is 0 Å². The summed E-state index contributed by atoms with van der Waals surface area (Å²) in [6.45, 7) is 14.2. The number of rotatable bonds is 4. The van der Waals surface area contributed by atoms with Crippen molar-refractivity contribution in [3.05, 3.63) is 11.4 Å². The van der Waals surface area contributed by atoms with Gasteiger partial charge < -0.3 is 10.1 Å². The molecule has 0 radical (unpaired) electrons. The van der Waals surface area contributed by atoms with E-state index in [4.69, 9.17) is 4.43 Å².